The third-order valence-corrected chi connectivity index (χ3v) is 0.553. The predicted molar refractivity (Wildman–Crippen MR) is 29.7 cm³/mol. The van der Waals surface area contributed by atoms with Crippen molar-refractivity contribution in [3.8, 4) is 0 Å². The molecule has 2 heteroatoms. The average molecular weight is 85.9 g/mol. The Kier molecular flexibility index (Phi) is 5.05. The van der Waals surface area contributed by atoms with Crippen molar-refractivity contribution in [3.05, 3.63) is 0 Å². The molecule has 0 saturated carbocycles. The lowest BCUT2D eigenvalue weighted by molar-refractivity contribution is 0.179. The molecule has 0 unspecified atom stereocenters. The van der Waals surface area contributed by atoms with Crippen molar-refractivity contribution in [2.75, 3.05) is 13.1 Å². The first-order valence-electron chi connectivity index (χ1n) is 2.49. The average Bonchev–Trinajstić information content (AvgIpc) is 1.61. The third kappa shape index (κ3) is 4.02. The number of rotatable bonds is 3. The van der Waals surface area contributed by atoms with Gasteiger partial charge in [-0.2, -0.15) is 0 Å². The molecule has 0 heterocycles. The van der Waals surface area contributed by atoms with Gasteiger partial charge >= 0.3 is 0 Å². The summed E-state index contributed by atoms with van der Waals surface area (Å²) in [7, 11) is 2.01. The molecule has 36 valence electrons. The van der Waals surface area contributed by atoms with E-state index in [2.05, 4.69) is 6.92 Å². The van der Waals surface area contributed by atoms with E-state index in [1.807, 2.05) is 7.85 Å². The van der Waals surface area contributed by atoms with Gasteiger partial charge in [0.2, 0.25) is 0 Å². The zero-order valence-corrected chi connectivity index (χ0v) is 4.53. The minimum absolute atomic E-state index is 0.855. The van der Waals surface area contributed by atoms with Gasteiger partial charge in [-0.25, -0.2) is 0 Å². The van der Waals surface area contributed by atoms with E-state index in [9.17, 15) is 0 Å². The van der Waals surface area contributed by atoms with Crippen LogP contribution >= 0.6 is 0 Å². The molecule has 1 nitrogen and oxygen atoms in total. The van der Waals surface area contributed by atoms with Crippen molar-refractivity contribution in [2.45, 2.75) is 13.3 Å². The topological polar surface area (TPSA) is 9.23 Å². The van der Waals surface area contributed by atoms with E-state index >= 15 is 0 Å². The van der Waals surface area contributed by atoms with Gasteiger partial charge in [0, 0.05) is 13.1 Å². The largest absolute Gasteiger partial charge is 0.390 e. The quantitative estimate of drug-likeness (QED) is 0.347. The van der Waals surface area contributed by atoms with Gasteiger partial charge in [0.1, 0.15) is 7.85 Å². The zero-order chi connectivity index (χ0) is 4.83. The minimum Gasteiger partial charge on any atom is -0.390 e. The lowest BCUT2D eigenvalue weighted by Gasteiger charge is -1.91. The van der Waals surface area contributed by atoms with Crippen LogP contribution in [0, 0.1) is 0 Å². The van der Waals surface area contributed by atoms with Crippen LogP contribution in [0.3, 0.4) is 0 Å². The Bertz CT molecular complexity index is 19.5. The maximum Gasteiger partial charge on any atom is 0.135 e. The van der Waals surface area contributed by atoms with E-state index in [-0.39, 0.29) is 0 Å². The van der Waals surface area contributed by atoms with Crippen LogP contribution in [0.2, 0.25) is 0 Å². The van der Waals surface area contributed by atoms with Gasteiger partial charge < -0.3 is 4.74 Å². The van der Waals surface area contributed by atoms with Crippen LogP contribution in [-0.4, -0.2) is 21.0 Å². The Labute approximate surface area is 40.1 Å². The van der Waals surface area contributed by atoms with Gasteiger partial charge in [-0.1, -0.05) is 6.92 Å². The number of hydrogen-bond acceptors (Lipinski definition) is 1. The first-order valence-corrected chi connectivity index (χ1v) is 2.49. The Morgan fingerprint density at radius 3 is 2.50 bits per heavy atom. The molecule has 0 saturated heterocycles. The van der Waals surface area contributed by atoms with Gasteiger partial charge in [0.15, 0.2) is 0 Å². The fraction of sp³-hybridized carbons (Fsp3) is 1.00. The van der Waals surface area contributed by atoms with Crippen LogP contribution < -0.4 is 0 Å². The summed E-state index contributed by atoms with van der Waals surface area (Å²) in [4.78, 5) is 0. The van der Waals surface area contributed by atoms with Gasteiger partial charge in [-0.05, 0) is 6.42 Å². The van der Waals surface area contributed by atoms with E-state index < -0.39 is 0 Å². The van der Waals surface area contributed by atoms with Crippen LogP contribution in [0.1, 0.15) is 13.3 Å². The molecule has 0 fully saturated rings. The van der Waals surface area contributed by atoms with Crippen LogP contribution in [0.25, 0.3) is 0 Å². The van der Waals surface area contributed by atoms with Gasteiger partial charge in [-0.15, -0.1) is 0 Å². The molecular formula is C4H11BO. The lowest BCUT2D eigenvalue weighted by Crippen LogP contribution is -1.92. The summed E-state index contributed by atoms with van der Waals surface area (Å²) in [5.41, 5.74) is 0. The molecular weight excluding hydrogens is 74.9 g/mol. The second-order valence-electron chi connectivity index (χ2n) is 1.20. The zero-order valence-electron chi connectivity index (χ0n) is 4.53. The fourth-order valence-corrected chi connectivity index (χ4v) is 0.289. The van der Waals surface area contributed by atoms with Crippen LogP contribution in [0.15, 0.2) is 0 Å². The van der Waals surface area contributed by atoms with Crippen LogP contribution in [0.5, 0.6) is 0 Å². The molecule has 0 bridgehead atoms. The second kappa shape index (κ2) is 5.02. The minimum atomic E-state index is 0.855. The highest BCUT2D eigenvalue weighted by atomic mass is 16.5. The molecule has 0 aromatic carbocycles. The van der Waals surface area contributed by atoms with Crippen molar-refractivity contribution in [1.29, 1.82) is 0 Å². The van der Waals surface area contributed by atoms with Gasteiger partial charge in [-0.3, -0.25) is 0 Å². The normalized spacial score (nSPS) is 8.83. The maximum absolute atomic E-state index is 4.98. The van der Waals surface area contributed by atoms with Crippen molar-refractivity contribution in [1.82, 2.24) is 0 Å². The van der Waals surface area contributed by atoms with Gasteiger partial charge in [0.25, 0.3) is 0 Å². The molecule has 0 amide bonds. The van der Waals surface area contributed by atoms with E-state index in [0.29, 0.717) is 0 Å². The summed E-state index contributed by atoms with van der Waals surface area (Å²) in [5, 5.41) is 0. The van der Waals surface area contributed by atoms with E-state index in [1.165, 1.54) is 0 Å². The summed E-state index contributed by atoms with van der Waals surface area (Å²) in [6.45, 7) is 3.88. The highest BCUT2D eigenvalue weighted by Crippen LogP contribution is 1.74. The number of ether oxygens (including phenoxy) is 1. The molecule has 0 aliphatic carbocycles. The fourth-order valence-electron chi connectivity index (χ4n) is 0.289. The summed E-state index contributed by atoms with van der Waals surface area (Å²) in [6, 6.07) is 0. The molecule has 6 heavy (non-hydrogen) atoms. The second-order valence-corrected chi connectivity index (χ2v) is 1.20. The molecule has 0 spiro atoms. The van der Waals surface area contributed by atoms with Gasteiger partial charge in [0.05, 0.1) is 0 Å². The maximum atomic E-state index is 4.98. The molecule has 0 aliphatic rings. The summed E-state index contributed by atoms with van der Waals surface area (Å²) in [5.74, 6) is 0. The molecule has 0 aromatic heterocycles. The molecule has 0 rings (SSSR count). The number of hydrogen-bond donors (Lipinski definition) is 0. The Morgan fingerprint density at radius 2 is 2.33 bits per heavy atom. The van der Waals surface area contributed by atoms with Crippen molar-refractivity contribution in [2.24, 2.45) is 0 Å². The smallest absolute Gasteiger partial charge is 0.135 e. The molecule has 0 radical (unpaired) electrons. The molecule has 0 atom stereocenters. The standard InChI is InChI=1S/C4H11BO/c1-2-3-6-4-5/h2-5H2,1H3. The van der Waals surface area contributed by atoms with Crippen molar-refractivity contribution in [3.63, 3.8) is 0 Å². The SMILES string of the molecule is BCOCCC. The highest BCUT2D eigenvalue weighted by Gasteiger charge is 1.73. The Hall–Kier alpha value is 0.0249. The first kappa shape index (κ1) is 6.02. The van der Waals surface area contributed by atoms with Crippen LogP contribution in [0.4, 0.5) is 0 Å². The molecule has 0 N–H and O–H groups in total. The summed E-state index contributed by atoms with van der Waals surface area (Å²) < 4.78 is 4.98. The van der Waals surface area contributed by atoms with E-state index in [0.717, 1.165) is 19.5 Å². The van der Waals surface area contributed by atoms with E-state index in [1.54, 1.807) is 0 Å². The Balaban J connectivity index is 2.34. The summed E-state index contributed by atoms with van der Waals surface area (Å²) >= 11 is 0. The predicted octanol–water partition coefficient (Wildman–Crippen LogP) is 0.00360. The monoisotopic (exact) mass is 86.1 g/mol. The van der Waals surface area contributed by atoms with Crippen molar-refractivity contribution < 1.29 is 4.74 Å². The highest BCUT2D eigenvalue weighted by molar-refractivity contribution is 6.08. The molecule has 0 aromatic rings. The van der Waals surface area contributed by atoms with Crippen molar-refractivity contribution >= 4 is 7.85 Å². The third-order valence-electron chi connectivity index (χ3n) is 0.553. The first-order chi connectivity index (χ1) is 2.91. The summed E-state index contributed by atoms with van der Waals surface area (Å²) in [6.07, 6.45) is 1.13. The lowest BCUT2D eigenvalue weighted by atomic mass is 10.2. The molecule has 0 aliphatic heterocycles. The van der Waals surface area contributed by atoms with E-state index in [4.69, 9.17) is 4.74 Å². The van der Waals surface area contributed by atoms with Crippen LogP contribution in [-0.2, 0) is 4.74 Å². The Morgan fingerprint density at radius 1 is 1.67 bits per heavy atom.